The first-order valence-corrected chi connectivity index (χ1v) is 12.3. The highest BCUT2D eigenvalue weighted by Gasteiger charge is 2.33. The summed E-state index contributed by atoms with van der Waals surface area (Å²) in [6.45, 7) is 0.835. The van der Waals surface area contributed by atoms with Crippen molar-refractivity contribution in [1.82, 2.24) is 15.5 Å². The van der Waals surface area contributed by atoms with Crippen molar-refractivity contribution in [3.05, 3.63) is 53.1 Å². The maximum Gasteiger partial charge on any atom is 0.318 e. The van der Waals surface area contributed by atoms with Crippen LogP contribution in [0.5, 0.6) is 17.2 Å². The number of nitrogens with zero attached hydrogens (tertiary/aromatic N) is 1. The third-order valence-electron chi connectivity index (χ3n) is 6.91. The molecule has 0 saturated heterocycles. The van der Waals surface area contributed by atoms with Crippen LogP contribution in [-0.2, 0) is 11.2 Å². The maximum atomic E-state index is 13.3. The first kappa shape index (κ1) is 24.7. The molecular formula is C27H35N3O5. The number of hydrogen-bond acceptors (Lipinski definition) is 5. The molecule has 0 aromatic heterocycles. The third kappa shape index (κ3) is 5.63. The van der Waals surface area contributed by atoms with Crippen molar-refractivity contribution in [2.45, 2.75) is 50.6 Å². The van der Waals surface area contributed by atoms with Crippen LogP contribution < -0.4 is 24.8 Å². The second kappa shape index (κ2) is 11.3. The number of benzene rings is 2. The Hall–Kier alpha value is -3.42. The lowest BCUT2D eigenvalue weighted by molar-refractivity contribution is -0.121. The van der Waals surface area contributed by atoms with Gasteiger partial charge in [0.15, 0.2) is 11.5 Å². The van der Waals surface area contributed by atoms with E-state index in [1.807, 2.05) is 41.3 Å². The van der Waals surface area contributed by atoms with Crippen molar-refractivity contribution in [3.63, 3.8) is 0 Å². The van der Waals surface area contributed by atoms with Crippen LogP contribution in [0.3, 0.4) is 0 Å². The van der Waals surface area contributed by atoms with E-state index in [-0.39, 0.29) is 30.4 Å². The van der Waals surface area contributed by atoms with Crippen molar-refractivity contribution in [3.8, 4) is 17.2 Å². The molecule has 188 valence electrons. The average Bonchev–Trinajstić information content (AvgIpc) is 3.40. The summed E-state index contributed by atoms with van der Waals surface area (Å²) in [5.41, 5.74) is 3.07. The Kier molecular flexibility index (Phi) is 8.00. The Morgan fingerprint density at radius 2 is 1.66 bits per heavy atom. The molecule has 1 heterocycles. The first-order chi connectivity index (χ1) is 17.0. The molecule has 8 heteroatoms. The number of nitrogens with one attached hydrogen (secondary N) is 2. The Balaban J connectivity index is 1.53. The zero-order valence-corrected chi connectivity index (χ0v) is 20.8. The Morgan fingerprint density at radius 1 is 0.971 bits per heavy atom. The van der Waals surface area contributed by atoms with Crippen molar-refractivity contribution in [1.29, 1.82) is 0 Å². The lowest BCUT2D eigenvalue weighted by atomic mass is 9.87. The van der Waals surface area contributed by atoms with Crippen LogP contribution in [0, 0.1) is 0 Å². The molecule has 1 fully saturated rings. The normalized spacial score (nSPS) is 17.5. The van der Waals surface area contributed by atoms with E-state index in [0.29, 0.717) is 31.0 Å². The number of amides is 3. The van der Waals surface area contributed by atoms with Gasteiger partial charge in [-0.2, -0.15) is 0 Å². The highest BCUT2D eigenvalue weighted by molar-refractivity contribution is 5.79. The number of urea groups is 1. The minimum atomic E-state index is -0.309. The van der Waals surface area contributed by atoms with Gasteiger partial charge in [0, 0.05) is 25.6 Å². The van der Waals surface area contributed by atoms with Crippen LogP contribution in [0.2, 0.25) is 0 Å². The van der Waals surface area contributed by atoms with Gasteiger partial charge < -0.3 is 29.7 Å². The topological polar surface area (TPSA) is 89.1 Å². The fourth-order valence-corrected chi connectivity index (χ4v) is 5.06. The predicted octanol–water partition coefficient (Wildman–Crippen LogP) is 3.82. The number of fused-ring (bicyclic) bond motifs is 1. The molecule has 0 radical (unpaired) electrons. The lowest BCUT2D eigenvalue weighted by Crippen LogP contribution is -2.47. The van der Waals surface area contributed by atoms with Crippen LogP contribution in [-0.4, -0.2) is 57.3 Å². The Labute approximate surface area is 206 Å². The third-order valence-corrected chi connectivity index (χ3v) is 6.91. The van der Waals surface area contributed by atoms with Gasteiger partial charge in [-0.15, -0.1) is 0 Å². The van der Waals surface area contributed by atoms with Gasteiger partial charge in [0.25, 0.3) is 0 Å². The number of carbonyl (C=O) groups excluding carboxylic acids is 2. The van der Waals surface area contributed by atoms with E-state index in [1.165, 1.54) is 12.8 Å². The van der Waals surface area contributed by atoms with E-state index < -0.39 is 0 Å². The Morgan fingerprint density at radius 3 is 2.31 bits per heavy atom. The largest absolute Gasteiger partial charge is 0.497 e. The standard InChI is InChI=1S/C27H35N3O5/c1-33-21-10-8-18(9-11-21)26-22-17-24(35-3)23(34-2)16-19(22)13-15-30(26)27(32)28-14-12-25(31)29-20-6-4-5-7-20/h8-11,16-17,20,26H,4-7,12-15H2,1-3H3,(H,28,32)(H,29,31)/t26-/m1/s1. The van der Waals surface area contributed by atoms with Crippen LogP contribution in [0.15, 0.2) is 36.4 Å². The van der Waals surface area contributed by atoms with E-state index in [0.717, 1.165) is 35.3 Å². The average molecular weight is 482 g/mol. The quantitative estimate of drug-likeness (QED) is 0.598. The minimum absolute atomic E-state index is 0.00951. The highest BCUT2D eigenvalue weighted by atomic mass is 16.5. The summed E-state index contributed by atoms with van der Waals surface area (Å²) >= 11 is 0. The SMILES string of the molecule is COc1ccc([C@@H]2c3cc(OC)c(OC)cc3CCN2C(=O)NCCC(=O)NC2CCCC2)cc1. The van der Waals surface area contributed by atoms with Crippen molar-refractivity contribution in [2.24, 2.45) is 0 Å². The summed E-state index contributed by atoms with van der Waals surface area (Å²) in [4.78, 5) is 27.4. The number of methoxy groups -OCH3 is 3. The van der Waals surface area contributed by atoms with E-state index >= 15 is 0 Å². The molecule has 1 saturated carbocycles. The van der Waals surface area contributed by atoms with Gasteiger partial charge >= 0.3 is 6.03 Å². The number of ether oxygens (including phenoxy) is 3. The second-order valence-electron chi connectivity index (χ2n) is 9.06. The van der Waals surface area contributed by atoms with E-state index in [9.17, 15) is 9.59 Å². The molecule has 0 bridgehead atoms. The molecule has 35 heavy (non-hydrogen) atoms. The van der Waals surface area contributed by atoms with Gasteiger partial charge in [0.1, 0.15) is 5.75 Å². The molecule has 3 amide bonds. The first-order valence-electron chi connectivity index (χ1n) is 12.3. The fraction of sp³-hybridized carbons (Fsp3) is 0.481. The zero-order valence-electron chi connectivity index (χ0n) is 20.8. The molecule has 2 aromatic rings. The molecule has 2 N–H and O–H groups in total. The van der Waals surface area contributed by atoms with E-state index in [1.54, 1.807) is 21.3 Å². The molecule has 4 rings (SSSR count). The molecule has 1 aliphatic heterocycles. The van der Waals surface area contributed by atoms with Crippen LogP contribution in [0.25, 0.3) is 0 Å². The van der Waals surface area contributed by atoms with E-state index in [4.69, 9.17) is 14.2 Å². The van der Waals surface area contributed by atoms with Crippen molar-refractivity contribution < 1.29 is 23.8 Å². The number of rotatable bonds is 8. The summed E-state index contributed by atoms with van der Waals surface area (Å²) in [5.74, 6) is 2.03. The smallest absolute Gasteiger partial charge is 0.318 e. The van der Waals surface area contributed by atoms with Crippen LogP contribution in [0.4, 0.5) is 4.79 Å². The molecule has 2 aliphatic rings. The summed E-state index contributed by atoms with van der Waals surface area (Å²) in [7, 11) is 4.86. The molecule has 8 nitrogen and oxygen atoms in total. The fourth-order valence-electron chi connectivity index (χ4n) is 5.06. The predicted molar refractivity (Wildman–Crippen MR) is 133 cm³/mol. The van der Waals surface area contributed by atoms with Gasteiger partial charge in [-0.05, 0) is 60.2 Å². The summed E-state index contributed by atoms with van der Waals surface area (Å²) < 4.78 is 16.4. The molecule has 2 aromatic carbocycles. The zero-order chi connectivity index (χ0) is 24.8. The summed E-state index contributed by atoms with van der Waals surface area (Å²) in [5, 5.41) is 6.03. The number of carbonyl (C=O) groups is 2. The highest BCUT2D eigenvalue weighted by Crippen LogP contribution is 2.41. The van der Waals surface area contributed by atoms with Gasteiger partial charge in [0.05, 0.1) is 27.4 Å². The van der Waals surface area contributed by atoms with Gasteiger partial charge in [-0.25, -0.2) is 4.79 Å². The van der Waals surface area contributed by atoms with Gasteiger partial charge in [-0.1, -0.05) is 25.0 Å². The molecule has 1 aliphatic carbocycles. The maximum absolute atomic E-state index is 13.3. The van der Waals surface area contributed by atoms with E-state index in [2.05, 4.69) is 10.6 Å². The second-order valence-corrected chi connectivity index (χ2v) is 9.06. The molecule has 1 atom stereocenters. The summed E-state index contributed by atoms with van der Waals surface area (Å²) in [6.07, 6.45) is 5.39. The van der Waals surface area contributed by atoms with Crippen LogP contribution >= 0.6 is 0 Å². The minimum Gasteiger partial charge on any atom is -0.497 e. The van der Waals surface area contributed by atoms with Crippen LogP contribution in [0.1, 0.15) is 54.8 Å². The monoisotopic (exact) mass is 481 g/mol. The summed E-state index contributed by atoms with van der Waals surface area (Å²) in [6, 6.07) is 11.5. The molecular weight excluding hydrogens is 446 g/mol. The van der Waals surface area contributed by atoms with Gasteiger partial charge in [-0.3, -0.25) is 4.79 Å². The van der Waals surface area contributed by atoms with Gasteiger partial charge in [0.2, 0.25) is 5.91 Å². The van der Waals surface area contributed by atoms with Crippen molar-refractivity contribution in [2.75, 3.05) is 34.4 Å². The Bertz CT molecular complexity index is 1030. The number of hydrogen-bond donors (Lipinski definition) is 2. The molecule has 0 unspecified atom stereocenters. The molecule has 0 spiro atoms. The lowest BCUT2D eigenvalue weighted by Gasteiger charge is -2.38. The van der Waals surface area contributed by atoms with Crippen molar-refractivity contribution >= 4 is 11.9 Å².